The van der Waals surface area contributed by atoms with Crippen molar-refractivity contribution in [3.05, 3.63) is 47.2 Å². The zero-order valence-electron chi connectivity index (χ0n) is 10.5. The van der Waals surface area contributed by atoms with Gasteiger partial charge in [-0.05, 0) is 11.6 Å². The minimum atomic E-state index is -0.0343. The predicted molar refractivity (Wildman–Crippen MR) is 77.2 cm³/mol. The summed E-state index contributed by atoms with van der Waals surface area (Å²) in [4.78, 5) is 15.9. The van der Waals surface area contributed by atoms with E-state index in [9.17, 15) is 4.79 Å². The van der Waals surface area contributed by atoms with E-state index in [2.05, 4.69) is 10.3 Å². The number of hydrogen-bond acceptors (Lipinski definition) is 3. The lowest BCUT2D eigenvalue weighted by molar-refractivity contribution is -0.118. The fourth-order valence-corrected chi connectivity index (χ4v) is 2.47. The van der Waals surface area contributed by atoms with Crippen LogP contribution in [0.25, 0.3) is 0 Å². The average Bonchev–Trinajstić information content (AvgIpc) is 2.81. The molecule has 0 fully saturated rings. The first kappa shape index (κ1) is 14.0. The first-order chi connectivity index (χ1) is 9.16. The van der Waals surface area contributed by atoms with Gasteiger partial charge in [0.25, 0.3) is 0 Å². The molecule has 0 atom stereocenters. The molecule has 0 spiro atoms. The van der Waals surface area contributed by atoms with Crippen LogP contribution >= 0.6 is 23.4 Å². The SMILES string of the molecule is Cn1ccnc1SCC(=O)NCc1ccccc1Cl. The van der Waals surface area contributed by atoms with Gasteiger partial charge in [0.05, 0.1) is 5.75 Å². The van der Waals surface area contributed by atoms with E-state index in [-0.39, 0.29) is 5.91 Å². The summed E-state index contributed by atoms with van der Waals surface area (Å²) in [6.07, 6.45) is 3.56. The van der Waals surface area contributed by atoms with Crippen molar-refractivity contribution in [2.45, 2.75) is 11.7 Å². The van der Waals surface area contributed by atoms with Crippen LogP contribution in [0.5, 0.6) is 0 Å². The maximum atomic E-state index is 11.7. The fourth-order valence-electron chi connectivity index (χ4n) is 1.51. The molecule has 0 saturated carbocycles. The predicted octanol–water partition coefficient (Wildman–Crippen LogP) is 2.48. The Labute approximate surface area is 121 Å². The number of nitrogens with one attached hydrogen (secondary N) is 1. The average molecular weight is 296 g/mol. The number of halogens is 1. The van der Waals surface area contributed by atoms with Crippen LogP contribution in [0.2, 0.25) is 5.02 Å². The molecule has 19 heavy (non-hydrogen) atoms. The number of rotatable bonds is 5. The van der Waals surface area contributed by atoms with Crippen molar-refractivity contribution in [3.8, 4) is 0 Å². The van der Waals surface area contributed by atoms with Crippen molar-refractivity contribution >= 4 is 29.3 Å². The van der Waals surface area contributed by atoms with Gasteiger partial charge >= 0.3 is 0 Å². The second kappa shape index (κ2) is 6.63. The number of nitrogens with zero attached hydrogens (tertiary/aromatic N) is 2. The zero-order chi connectivity index (χ0) is 13.7. The third kappa shape index (κ3) is 4.01. The number of amides is 1. The summed E-state index contributed by atoms with van der Waals surface area (Å²) in [5.41, 5.74) is 0.916. The molecule has 0 aliphatic rings. The molecule has 1 amide bonds. The molecule has 2 rings (SSSR count). The molecule has 1 heterocycles. The van der Waals surface area contributed by atoms with E-state index in [0.29, 0.717) is 17.3 Å². The number of aryl methyl sites for hydroxylation is 1. The van der Waals surface area contributed by atoms with Crippen molar-refractivity contribution in [2.24, 2.45) is 7.05 Å². The standard InChI is InChI=1S/C13H14ClN3OS/c1-17-7-6-15-13(17)19-9-12(18)16-8-10-4-2-3-5-11(10)14/h2-7H,8-9H2,1H3,(H,16,18). The number of thioether (sulfide) groups is 1. The Balaban J connectivity index is 1.79. The first-order valence-electron chi connectivity index (χ1n) is 5.77. The van der Waals surface area contributed by atoms with Crippen LogP contribution in [0, 0.1) is 0 Å². The van der Waals surface area contributed by atoms with E-state index in [1.807, 2.05) is 42.1 Å². The quantitative estimate of drug-likeness (QED) is 0.862. The van der Waals surface area contributed by atoms with Gasteiger partial charge in [-0.3, -0.25) is 4.79 Å². The van der Waals surface area contributed by atoms with Gasteiger partial charge in [-0.2, -0.15) is 0 Å². The lowest BCUT2D eigenvalue weighted by atomic mass is 10.2. The largest absolute Gasteiger partial charge is 0.351 e. The molecule has 1 aromatic heterocycles. The van der Waals surface area contributed by atoms with Crippen molar-refractivity contribution in [3.63, 3.8) is 0 Å². The molecule has 0 unspecified atom stereocenters. The Kier molecular flexibility index (Phi) is 4.87. The van der Waals surface area contributed by atoms with E-state index in [1.165, 1.54) is 11.8 Å². The normalized spacial score (nSPS) is 10.4. The first-order valence-corrected chi connectivity index (χ1v) is 7.13. The van der Waals surface area contributed by atoms with Gasteiger partial charge in [0.2, 0.25) is 5.91 Å². The number of aromatic nitrogens is 2. The molecule has 2 aromatic rings. The highest BCUT2D eigenvalue weighted by Gasteiger charge is 2.06. The van der Waals surface area contributed by atoms with Gasteiger partial charge in [0, 0.05) is 31.0 Å². The molecule has 0 radical (unpaired) electrons. The third-order valence-electron chi connectivity index (χ3n) is 2.54. The molecule has 0 bridgehead atoms. The maximum Gasteiger partial charge on any atom is 0.230 e. The van der Waals surface area contributed by atoms with Gasteiger partial charge in [-0.15, -0.1) is 0 Å². The summed E-state index contributed by atoms with van der Waals surface area (Å²) in [7, 11) is 1.90. The minimum Gasteiger partial charge on any atom is -0.351 e. The van der Waals surface area contributed by atoms with E-state index in [1.54, 1.807) is 6.20 Å². The van der Waals surface area contributed by atoms with Crippen LogP contribution < -0.4 is 5.32 Å². The minimum absolute atomic E-state index is 0.0343. The van der Waals surface area contributed by atoms with Gasteiger partial charge in [-0.1, -0.05) is 41.6 Å². The summed E-state index contributed by atoms with van der Waals surface area (Å²) >= 11 is 7.42. The molecular formula is C13H14ClN3OS. The molecule has 6 heteroatoms. The van der Waals surface area contributed by atoms with E-state index in [0.717, 1.165) is 10.7 Å². The van der Waals surface area contributed by atoms with Crippen LogP contribution in [0.3, 0.4) is 0 Å². The third-order valence-corrected chi connectivity index (χ3v) is 3.97. The maximum absolute atomic E-state index is 11.7. The van der Waals surface area contributed by atoms with Crippen LogP contribution in [-0.2, 0) is 18.4 Å². The molecule has 100 valence electrons. The second-order valence-corrected chi connectivity index (χ2v) is 5.33. The van der Waals surface area contributed by atoms with Crippen molar-refractivity contribution in [2.75, 3.05) is 5.75 Å². The summed E-state index contributed by atoms with van der Waals surface area (Å²) in [5.74, 6) is 0.308. The van der Waals surface area contributed by atoms with Crippen molar-refractivity contribution in [1.82, 2.24) is 14.9 Å². The summed E-state index contributed by atoms with van der Waals surface area (Å²) in [5, 5.41) is 4.33. The van der Waals surface area contributed by atoms with Gasteiger partial charge in [0.1, 0.15) is 0 Å². The highest BCUT2D eigenvalue weighted by Crippen LogP contribution is 2.15. The van der Waals surface area contributed by atoms with Crippen LogP contribution in [-0.4, -0.2) is 21.2 Å². The Bertz CT molecular complexity index is 571. The molecule has 0 aliphatic carbocycles. The monoisotopic (exact) mass is 295 g/mol. The topological polar surface area (TPSA) is 46.9 Å². The number of benzene rings is 1. The summed E-state index contributed by atoms with van der Waals surface area (Å²) in [6, 6.07) is 7.47. The second-order valence-electron chi connectivity index (χ2n) is 3.98. The zero-order valence-corrected chi connectivity index (χ0v) is 12.0. The molecule has 0 aliphatic heterocycles. The van der Waals surface area contributed by atoms with Crippen LogP contribution in [0.4, 0.5) is 0 Å². The van der Waals surface area contributed by atoms with Gasteiger partial charge in [0.15, 0.2) is 5.16 Å². The summed E-state index contributed by atoms with van der Waals surface area (Å²) in [6.45, 7) is 0.444. The van der Waals surface area contributed by atoms with E-state index >= 15 is 0 Å². The smallest absolute Gasteiger partial charge is 0.230 e. The Morgan fingerprint density at radius 1 is 1.47 bits per heavy atom. The molecule has 1 aromatic carbocycles. The van der Waals surface area contributed by atoms with E-state index in [4.69, 9.17) is 11.6 Å². The van der Waals surface area contributed by atoms with Crippen LogP contribution in [0.15, 0.2) is 41.8 Å². The Hall–Kier alpha value is -1.46. The number of imidazole rings is 1. The van der Waals surface area contributed by atoms with Crippen molar-refractivity contribution < 1.29 is 4.79 Å². The molecular weight excluding hydrogens is 282 g/mol. The Morgan fingerprint density at radius 3 is 2.95 bits per heavy atom. The fraction of sp³-hybridized carbons (Fsp3) is 0.231. The molecule has 4 nitrogen and oxygen atoms in total. The number of carbonyl (C=O) groups is 1. The lowest BCUT2D eigenvalue weighted by Gasteiger charge is -2.06. The molecule has 0 saturated heterocycles. The lowest BCUT2D eigenvalue weighted by Crippen LogP contribution is -2.24. The van der Waals surface area contributed by atoms with Gasteiger partial charge in [-0.25, -0.2) is 4.98 Å². The Morgan fingerprint density at radius 2 is 2.26 bits per heavy atom. The van der Waals surface area contributed by atoms with E-state index < -0.39 is 0 Å². The number of hydrogen-bond donors (Lipinski definition) is 1. The summed E-state index contributed by atoms with van der Waals surface area (Å²) < 4.78 is 1.88. The highest BCUT2D eigenvalue weighted by atomic mass is 35.5. The van der Waals surface area contributed by atoms with Crippen LogP contribution in [0.1, 0.15) is 5.56 Å². The highest BCUT2D eigenvalue weighted by molar-refractivity contribution is 7.99. The number of carbonyl (C=O) groups excluding carboxylic acids is 1. The van der Waals surface area contributed by atoms with Crippen molar-refractivity contribution in [1.29, 1.82) is 0 Å². The molecule has 1 N–H and O–H groups in total. The van der Waals surface area contributed by atoms with Gasteiger partial charge < -0.3 is 9.88 Å².